The van der Waals surface area contributed by atoms with E-state index in [2.05, 4.69) is 115 Å². The lowest BCUT2D eigenvalue weighted by molar-refractivity contribution is 0.0453. The van der Waals surface area contributed by atoms with Gasteiger partial charge in [0.15, 0.2) is 0 Å². The molecule has 33 heavy (non-hydrogen) atoms. The van der Waals surface area contributed by atoms with E-state index < -0.39 is 11.0 Å². The highest BCUT2D eigenvalue weighted by molar-refractivity contribution is 6.06. The van der Waals surface area contributed by atoms with Crippen LogP contribution < -0.4 is 0 Å². The lowest BCUT2D eigenvalue weighted by Gasteiger charge is -2.41. The molecule has 1 N–H and O–H groups in total. The molecule has 0 fully saturated rings. The van der Waals surface area contributed by atoms with Crippen molar-refractivity contribution >= 4 is 32.3 Å². The quantitative estimate of drug-likeness (QED) is 0.302. The Balaban J connectivity index is 1.70. The van der Waals surface area contributed by atoms with E-state index in [1.807, 2.05) is 0 Å². The predicted octanol–water partition coefficient (Wildman–Crippen LogP) is 7.04. The molecule has 2 aliphatic rings. The van der Waals surface area contributed by atoms with Crippen molar-refractivity contribution in [2.24, 2.45) is 0 Å². The summed E-state index contributed by atoms with van der Waals surface area (Å²) in [5, 5.41) is 20.3. The average Bonchev–Trinajstić information content (AvgIpc) is 3.24. The van der Waals surface area contributed by atoms with Gasteiger partial charge in [0.05, 0.1) is 5.41 Å². The van der Waals surface area contributed by atoms with Crippen molar-refractivity contribution in [2.75, 3.05) is 0 Å². The van der Waals surface area contributed by atoms with Gasteiger partial charge >= 0.3 is 0 Å². The van der Waals surface area contributed by atoms with Crippen LogP contribution in [-0.4, -0.2) is 5.11 Å². The molecule has 0 spiro atoms. The Morgan fingerprint density at radius 1 is 0.394 bits per heavy atom. The van der Waals surface area contributed by atoms with Crippen LogP contribution in [0.25, 0.3) is 32.3 Å². The molecule has 0 aliphatic heterocycles. The van der Waals surface area contributed by atoms with E-state index in [9.17, 15) is 5.11 Å². The first-order chi connectivity index (χ1) is 16.3. The lowest BCUT2D eigenvalue weighted by Crippen LogP contribution is -2.45. The van der Waals surface area contributed by atoms with Crippen molar-refractivity contribution < 1.29 is 5.11 Å². The first kappa shape index (κ1) is 17.6. The second-order valence-electron chi connectivity index (χ2n) is 9.41. The molecule has 6 aromatic rings. The fraction of sp³-hybridized carbons (Fsp3) is 0.0625. The molecule has 0 heterocycles. The Hall–Kier alpha value is -3.94. The molecule has 0 amide bonds. The minimum atomic E-state index is -1.19. The molecule has 0 bridgehead atoms. The van der Waals surface area contributed by atoms with Gasteiger partial charge in [-0.1, -0.05) is 115 Å². The van der Waals surface area contributed by atoms with Crippen LogP contribution in [0.5, 0.6) is 0 Å². The minimum absolute atomic E-state index is 0.722. The van der Waals surface area contributed by atoms with Crippen LogP contribution in [0.4, 0.5) is 0 Å². The van der Waals surface area contributed by atoms with E-state index in [1.54, 1.807) is 0 Å². The van der Waals surface area contributed by atoms with E-state index in [-0.39, 0.29) is 0 Å². The Bertz CT molecular complexity index is 1690. The van der Waals surface area contributed by atoms with Crippen molar-refractivity contribution in [1.82, 2.24) is 0 Å². The van der Waals surface area contributed by atoms with Crippen LogP contribution in [0.3, 0.4) is 0 Å². The molecule has 0 atom stereocenters. The molecule has 6 aromatic carbocycles. The average molecular weight is 421 g/mol. The molecular weight excluding hydrogens is 400 g/mol. The Kier molecular flexibility index (Phi) is 3.04. The van der Waals surface area contributed by atoms with Gasteiger partial charge in [0, 0.05) is 0 Å². The van der Waals surface area contributed by atoms with Crippen molar-refractivity contribution in [1.29, 1.82) is 0 Å². The van der Waals surface area contributed by atoms with Gasteiger partial charge in [-0.3, -0.25) is 0 Å². The molecule has 0 unspecified atom stereocenters. The maximum Gasteiger partial charge on any atom is 0.134 e. The normalized spacial score (nSPS) is 22.3. The third kappa shape index (κ3) is 1.76. The van der Waals surface area contributed by atoms with Crippen LogP contribution in [0.2, 0.25) is 0 Å². The number of benzene rings is 6. The molecule has 0 radical (unpaired) electrons. The van der Waals surface area contributed by atoms with Crippen molar-refractivity contribution in [2.45, 2.75) is 11.0 Å². The molecule has 1 heteroatoms. The minimum Gasteiger partial charge on any atom is -0.379 e. The van der Waals surface area contributed by atoms with Gasteiger partial charge in [-0.2, -0.15) is 0 Å². The van der Waals surface area contributed by atoms with Gasteiger partial charge < -0.3 is 5.11 Å². The third-order valence-electron chi connectivity index (χ3n) is 8.13. The van der Waals surface area contributed by atoms with Crippen LogP contribution in [0.1, 0.15) is 27.8 Å². The summed E-state index contributed by atoms with van der Waals surface area (Å²) in [5.74, 6) is 0. The number of hydrogen-bond donors (Lipinski definition) is 1. The third-order valence-corrected chi connectivity index (χ3v) is 8.13. The summed E-state index contributed by atoms with van der Waals surface area (Å²) in [4.78, 5) is 0. The number of fused-ring (bicyclic) bond motifs is 6. The SMILES string of the molecule is OC12c3cccc4cccc(c34)C1(c1cccc3ccccc13)c1cccc3cccc2c13. The van der Waals surface area contributed by atoms with E-state index in [1.165, 1.54) is 43.4 Å². The van der Waals surface area contributed by atoms with E-state index in [0.29, 0.717) is 0 Å². The van der Waals surface area contributed by atoms with E-state index in [0.717, 1.165) is 16.7 Å². The zero-order valence-electron chi connectivity index (χ0n) is 17.9. The van der Waals surface area contributed by atoms with Crippen LogP contribution >= 0.6 is 0 Å². The fourth-order valence-corrected chi connectivity index (χ4v) is 7.03. The first-order valence-corrected chi connectivity index (χ1v) is 11.5. The Labute approximate surface area is 191 Å². The summed E-state index contributed by atoms with van der Waals surface area (Å²) in [6.07, 6.45) is 0. The summed E-state index contributed by atoms with van der Waals surface area (Å²) < 4.78 is 0. The fourth-order valence-electron chi connectivity index (χ4n) is 7.03. The van der Waals surface area contributed by atoms with E-state index in [4.69, 9.17) is 0 Å². The zero-order valence-corrected chi connectivity index (χ0v) is 17.9. The monoisotopic (exact) mass is 420 g/mol. The van der Waals surface area contributed by atoms with E-state index >= 15 is 0 Å². The van der Waals surface area contributed by atoms with Crippen molar-refractivity contribution in [3.8, 4) is 0 Å². The molecule has 0 saturated carbocycles. The molecule has 0 saturated heterocycles. The second-order valence-corrected chi connectivity index (χ2v) is 9.41. The topological polar surface area (TPSA) is 20.2 Å². The second kappa shape index (κ2) is 5.70. The Morgan fingerprint density at radius 3 is 1.39 bits per heavy atom. The molecule has 8 rings (SSSR count). The van der Waals surface area contributed by atoms with Gasteiger partial charge in [-0.25, -0.2) is 0 Å². The van der Waals surface area contributed by atoms with Gasteiger partial charge in [0.2, 0.25) is 0 Å². The standard InChI is InChI=1S/C32H20O/c33-32-27-18-6-12-21-10-4-16-25(29(21)27)31(32,24-15-3-9-20-8-1-2-14-23(20)24)26-17-5-11-22-13-7-19-28(32)30(22)26/h1-19,33H. The highest BCUT2D eigenvalue weighted by Crippen LogP contribution is 2.68. The van der Waals surface area contributed by atoms with Crippen LogP contribution in [0.15, 0.2) is 115 Å². The highest BCUT2D eigenvalue weighted by Gasteiger charge is 2.65. The van der Waals surface area contributed by atoms with Crippen molar-refractivity contribution in [3.63, 3.8) is 0 Å². The zero-order chi connectivity index (χ0) is 21.8. The number of aliphatic hydroxyl groups is 1. The van der Waals surface area contributed by atoms with Crippen LogP contribution in [-0.2, 0) is 11.0 Å². The van der Waals surface area contributed by atoms with Gasteiger partial charge in [-0.15, -0.1) is 0 Å². The molecule has 2 aliphatic carbocycles. The van der Waals surface area contributed by atoms with Crippen LogP contribution in [0, 0.1) is 0 Å². The summed E-state index contributed by atoms with van der Waals surface area (Å²) in [5.41, 5.74) is 3.65. The predicted molar refractivity (Wildman–Crippen MR) is 135 cm³/mol. The summed E-state index contributed by atoms with van der Waals surface area (Å²) in [7, 11) is 0. The molecular formula is C32H20O. The Morgan fingerprint density at radius 2 is 0.818 bits per heavy atom. The highest BCUT2D eigenvalue weighted by atomic mass is 16.3. The number of hydrogen-bond acceptors (Lipinski definition) is 1. The summed E-state index contributed by atoms with van der Waals surface area (Å²) >= 11 is 0. The van der Waals surface area contributed by atoms with Gasteiger partial charge in [0.25, 0.3) is 0 Å². The van der Waals surface area contributed by atoms with Gasteiger partial charge in [-0.05, 0) is 60.1 Å². The number of rotatable bonds is 1. The summed E-state index contributed by atoms with van der Waals surface area (Å²) in [6.45, 7) is 0. The van der Waals surface area contributed by atoms with Crippen molar-refractivity contribution in [3.05, 3.63) is 143 Å². The lowest BCUT2D eigenvalue weighted by atomic mass is 9.63. The largest absolute Gasteiger partial charge is 0.379 e. The molecule has 0 aromatic heterocycles. The first-order valence-electron chi connectivity index (χ1n) is 11.5. The maximum absolute atomic E-state index is 13.2. The smallest absolute Gasteiger partial charge is 0.134 e. The maximum atomic E-state index is 13.2. The van der Waals surface area contributed by atoms with Gasteiger partial charge in [0.1, 0.15) is 5.60 Å². The molecule has 1 nitrogen and oxygen atoms in total. The molecule has 154 valence electrons. The summed E-state index contributed by atoms with van der Waals surface area (Å²) in [6, 6.07) is 40.9.